The molecule has 0 radical (unpaired) electrons. The number of carbonyl (C=O) groups excluding carboxylic acids is 1. The number of nitrogens with one attached hydrogen (secondary N) is 1. The van der Waals surface area contributed by atoms with E-state index in [1.807, 2.05) is 18.3 Å². The molecule has 0 bridgehead atoms. The maximum atomic E-state index is 11.8. The van der Waals surface area contributed by atoms with Crippen LogP contribution in [-0.2, 0) is 11.3 Å². The summed E-state index contributed by atoms with van der Waals surface area (Å²) in [5.74, 6) is 0.318. The summed E-state index contributed by atoms with van der Waals surface area (Å²) in [5, 5.41) is 10.5. The first-order valence-corrected chi connectivity index (χ1v) is 11.1. The molecule has 166 valence electrons. The van der Waals surface area contributed by atoms with Crippen LogP contribution >= 0.6 is 0 Å². The number of rotatable bonds is 5. The first-order valence-electron chi connectivity index (χ1n) is 11.1. The minimum atomic E-state index is -0.919. The Morgan fingerprint density at radius 3 is 2.66 bits per heavy atom. The number of ether oxygens (including phenoxy) is 1. The number of aromatic nitrogens is 1. The van der Waals surface area contributed by atoms with Crippen molar-refractivity contribution in [1.82, 2.24) is 9.88 Å². The molecule has 1 saturated carbocycles. The molecule has 1 aliphatic carbocycles. The molecule has 2 fully saturated rings. The number of aryl methyl sites for hydroxylation is 1. The van der Waals surface area contributed by atoms with Crippen LogP contribution in [0.15, 0.2) is 42.6 Å². The van der Waals surface area contributed by atoms with Gasteiger partial charge in [0.2, 0.25) is 0 Å². The highest BCUT2D eigenvalue weighted by atomic mass is 16.5. The molecule has 2 aromatic carbocycles. The predicted molar refractivity (Wildman–Crippen MR) is 122 cm³/mol. The number of benzene rings is 2. The van der Waals surface area contributed by atoms with Crippen LogP contribution in [0.5, 0.6) is 5.75 Å². The first-order chi connectivity index (χ1) is 15.4. The smallest absolute Gasteiger partial charge is 0.335 e. The maximum absolute atomic E-state index is 11.8. The molecule has 1 saturated heterocycles. The molecule has 6 nitrogen and oxygen atoms in total. The van der Waals surface area contributed by atoms with Crippen molar-refractivity contribution in [2.45, 2.75) is 45.2 Å². The minimum Gasteiger partial charge on any atom is -0.496 e. The van der Waals surface area contributed by atoms with E-state index in [1.165, 1.54) is 5.39 Å². The van der Waals surface area contributed by atoms with Crippen LogP contribution in [0.3, 0.4) is 0 Å². The quantitative estimate of drug-likeness (QED) is 0.601. The highest BCUT2D eigenvalue weighted by Crippen LogP contribution is 2.53. The molecule has 1 aromatic heterocycles. The molecule has 1 atom stereocenters. The lowest BCUT2D eigenvalue weighted by Crippen LogP contribution is -2.48. The van der Waals surface area contributed by atoms with E-state index in [0.29, 0.717) is 24.2 Å². The molecule has 0 amide bonds. The van der Waals surface area contributed by atoms with Gasteiger partial charge in [-0.05, 0) is 67.1 Å². The van der Waals surface area contributed by atoms with Gasteiger partial charge >= 0.3 is 5.97 Å². The first kappa shape index (κ1) is 20.8. The van der Waals surface area contributed by atoms with Crippen LogP contribution in [0.1, 0.15) is 58.8 Å². The van der Waals surface area contributed by atoms with E-state index in [0.717, 1.165) is 53.9 Å². The van der Waals surface area contributed by atoms with Crippen molar-refractivity contribution in [3.63, 3.8) is 0 Å². The number of aromatic carboxylic acids is 1. The van der Waals surface area contributed by atoms with Crippen LogP contribution in [0.2, 0.25) is 0 Å². The molecule has 2 aliphatic rings. The van der Waals surface area contributed by atoms with E-state index in [9.17, 15) is 14.7 Å². The Balaban J connectivity index is 1.51. The Labute approximate surface area is 187 Å². The summed E-state index contributed by atoms with van der Waals surface area (Å²) in [7, 11) is 1.71. The van der Waals surface area contributed by atoms with Gasteiger partial charge < -0.3 is 14.8 Å². The second-order valence-corrected chi connectivity index (χ2v) is 9.40. The van der Waals surface area contributed by atoms with Gasteiger partial charge in [0.15, 0.2) is 0 Å². The topological polar surface area (TPSA) is 82.6 Å². The SMILES string of the molecule is COc1cc(C)c2[nH]ccc2c1CN1CCC2(CC(=O)C2)C[C@H]1c1ccc(C(=O)O)cc1. The zero-order valence-electron chi connectivity index (χ0n) is 18.5. The van der Waals surface area contributed by atoms with Gasteiger partial charge in [-0.15, -0.1) is 0 Å². The van der Waals surface area contributed by atoms with Crippen molar-refractivity contribution in [1.29, 1.82) is 0 Å². The Bertz CT molecular complexity index is 1190. The predicted octanol–water partition coefficient (Wildman–Crippen LogP) is 4.87. The van der Waals surface area contributed by atoms with Crippen molar-refractivity contribution in [2.24, 2.45) is 5.41 Å². The number of ketones is 1. The number of carbonyl (C=O) groups is 2. The Morgan fingerprint density at radius 2 is 2.00 bits per heavy atom. The number of methoxy groups -OCH3 is 1. The monoisotopic (exact) mass is 432 g/mol. The number of hydrogen-bond donors (Lipinski definition) is 2. The molecule has 1 aliphatic heterocycles. The van der Waals surface area contributed by atoms with E-state index in [2.05, 4.69) is 28.9 Å². The molecule has 0 unspecified atom stereocenters. The number of nitrogens with zero attached hydrogens (tertiary/aromatic N) is 1. The number of Topliss-reactive ketones (excluding diaryl/α,β-unsaturated/α-hetero) is 1. The van der Waals surface area contributed by atoms with Gasteiger partial charge in [-0.2, -0.15) is 0 Å². The molecule has 6 heteroatoms. The van der Waals surface area contributed by atoms with E-state index >= 15 is 0 Å². The van der Waals surface area contributed by atoms with Gasteiger partial charge in [0.05, 0.1) is 12.7 Å². The zero-order valence-corrected chi connectivity index (χ0v) is 18.5. The summed E-state index contributed by atoms with van der Waals surface area (Å²) in [6.45, 7) is 3.70. The largest absolute Gasteiger partial charge is 0.496 e. The van der Waals surface area contributed by atoms with Crippen molar-refractivity contribution >= 4 is 22.7 Å². The van der Waals surface area contributed by atoms with Gasteiger partial charge in [0.1, 0.15) is 11.5 Å². The molecular formula is C26H28N2O4. The van der Waals surface area contributed by atoms with Gasteiger partial charge in [0, 0.05) is 48.1 Å². The standard InChI is InChI=1S/C26H28N2O4/c1-16-11-23(32-2)21(20-7-9-27-24(16)20)15-28-10-8-26(12-19(29)13-26)14-22(28)17-3-5-18(6-4-17)25(30)31/h3-7,9,11,22,27H,8,10,12-15H2,1-2H3,(H,30,31)/t22-/m0/s1. The Morgan fingerprint density at radius 1 is 1.25 bits per heavy atom. The number of likely N-dealkylation sites (tertiary alicyclic amines) is 1. The number of carboxylic acid groups (broad SMARTS) is 1. The van der Waals surface area contributed by atoms with E-state index in [-0.39, 0.29) is 11.5 Å². The number of fused-ring (bicyclic) bond motifs is 1. The van der Waals surface area contributed by atoms with Crippen LogP contribution in [-0.4, -0.2) is 40.4 Å². The van der Waals surface area contributed by atoms with Crippen LogP contribution in [0, 0.1) is 12.3 Å². The molecule has 2 N–H and O–H groups in total. The van der Waals surface area contributed by atoms with Gasteiger partial charge in [-0.1, -0.05) is 12.1 Å². The van der Waals surface area contributed by atoms with E-state index in [1.54, 1.807) is 19.2 Å². The lowest BCUT2D eigenvalue weighted by atomic mass is 9.60. The zero-order chi connectivity index (χ0) is 22.5. The van der Waals surface area contributed by atoms with Crippen molar-refractivity contribution in [3.05, 3.63) is 64.8 Å². The number of carboxylic acids is 1. The molecule has 32 heavy (non-hydrogen) atoms. The fourth-order valence-electron chi connectivity index (χ4n) is 5.63. The highest BCUT2D eigenvalue weighted by molar-refractivity contribution is 5.88. The van der Waals surface area contributed by atoms with Crippen LogP contribution in [0.25, 0.3) is 10.9 Å². The van der Waals surface area contributed by atoms with Gasteiger partial charge in [-0.25, -0.2) is 4.79 Å². The maximum Gasteiger partial charge on any atom is 0.335 e. The summed E-state index contributed by atoms with van der Waals surface area (Å²) in [4.78, 5) is 29.0. The lowest BCUT2D eigenvalue weighted by molar-refractivity contribution is -0.137. The third-order valence-corrected chi connectivity index (χ3v) is 7.38. The fourth-order valence-corrected chi connectivity index (χ4v) is 5.63. The number of hydrogen-bond acceptors (Lipinski definition) is 4. The van der Waals surface area contributed by atoms with Gasteiger partial charge in [-0.3, -0.25) is 9.69 Å². The molecule has 2 heterocycles. The van der Waals surface area contributed by atoms with Crippen LogP contribution in [0.4, 0.5) is 0 Å². The number of piperidine rings is 1. The van der Waals surface area contributed by atoms with E-state index in [4.69, 9.17) is 4.74 Å². The lowest BCUT2D eigenvalue weighted by Gasteiger charge is -2.51. The van der Waals surface area contributed by atoms with Crippen molar-refractivity contribution < 1.29 is 19.4 Å². The molecule has 1 spiro atoms. The summed E-state index contributed by atoms with van der Waals surface area (Å²) >= 11 is 0. The second kappa shape index (κ2) is 7.78. The molecule has 3 aromatic rings. The third kappa shape index (κ3) is 3.48. The third-order valence-electron chi connectivity index (χ3n) is 7.38. The summed E-state index contributed by atoms with van der Waals surface area (Å²) in [6, 6.07) is 11.5. The fraction of sp³-hybridized carbons (Fsp3) is 0.385. The van der Waals surface area contributed by atoms with Crippen LogP contribution < -0.4 is 4.74 Å². The normalized spacial score (nSPS) is 20.4. The average molecular weight is 433 g/mol. The summed E-state index contributed by atoms with van der Waals surface area (Å²) in [5.41, 5.74) is 4.91. The van der Waals surface area contributed by atoms with Gasteiger partial charge in [0.25, 0.3) is 0 Å². The number of H-pyrrole nitrogens is 1. The Kier molecular flexibility index (Phi) is 5.05. The molecular weight excluding hydrogens is 404 g/mol. The van der Waals surface area contributed by atoms with Crippen molar-refractivity contribution in [2.75, 3.05) is 13.7 Å². The second-order valence-electron chi connectivity index (χ2n) is 9.40. The van der Waals surface area contributed by atoms with Crippen molar-refractivity contribution in [3.8, 4) is 5.75 Å². The average Bonchev–Trinajstić information content (AvgIpc) is 3.26. The highest BCUT2D eigenvalue weighted by Gasteiger charge is 2.48. The van der Waals surface area contributed by atoms with E-state index < -0.39 is 5.97 Å². The molecule has 5 rings (SSSR count). The Hall–Kier alpha value is -3.12. The minimum absolute atomic E-state index is 0.0878. The summed E-state index contributed by atoms with van der Waals surface area (Å²) in [6.07, 6.45) is 5.22. The summed E-state index contributed by atoms with van der Waals surface area (Å²) < 4.78 is 5.77. The number of aromatic amines is 1.